The molecule has 1 saturated heterocycles. The summed E-state index contributed by atoms with van der Waals surface area (Å²) >= 11 is 0. The molecule has 1 aliphatic rings. The van der Waals surface area contributed by atoms with E-state index >= 15 is 0 Å². The summed E-state index contributed by atoms with van der Waals surface area (Å²) in [5.74, 6) is 0.158. The summed E-state index contributed by atoms with van der Waals surface area (Å²) in [5.41, 5.74) is 1.86. The minimum Gasteiger partial charge on any atom is -0.378 e. The molecule has 0 bridgehead atoms. The van der Waals surface area contributed by atoms with Crippen molar-refractivity contribution in [3.63, 3.8) is 0 Å². The third-order valence-electron chi connectivity index (χ3n) is 4.56. The molecule has 0 saturated carbocycles. The molecular formula is C18H29N3O. The van der Waals surface area contributed by atoms with E-state index in [1.165, 1.54) is 0 Å². The van der Waals surface area contributed by atoms with Crippen LogP contribution >= 0.6 is 0 Å². The van der Waals surface area contributed by atoms with E-state index < -0.39 is 0 Å². The first-order valence-electron chi connectivity index (χ1n) is 8.26. The van der Waals surface area contributed by atoms with Gasteiger partial charge in [0.15, 0.2) is 0 Å². The van der Waals surface area contributed by atoms with Gasteiger partial charge in [0.05, 0.1) is 0 Å². The van der Waals surface area contributed by atoms with Gasteiger partial charge in [-0.2, -0.15) is 0 Å². The lowest BCUT2D eigenvalue weighted by Crippen LogP contribution is -2.56. The van der Waals surface area contributed by atoms with Crippen molar-refractivity contribution >= 4 is 11.6 Å². The van der Waals surface area contributed by atoms with Crippen LogP contribution in [0.2, 0.25) is 0 Å². The highest BCUT2D eigenvalue weighted by Crippen LogP contribution is 2.20. The standard InChI is InChI=1S/C18H29N3O/c1-6-16-13-20(10-11-21(16)14(2)3)18(22)15-8-7-9-17(12-15)19(4)5/h7-9,12,14,16H,6,10-11,13H2,1-5H3/t16-/m0/s1. The number of hydrogen-bond acceptors (Lipinski definition) is 3. The summed E-state index contributed by atoms with van der Waals surface area (Å²) in [5, 5.41) is 0. The molecule has 1 fully saturated rings. The highest BCUT2D eigenvalue weighted by atomic mass is 16.2. The van der Waals surface area contributed by atoms with Crippen molar-refractivity contribution in [1.82, 2.24) is 9.80 Å². The van der Waals surface area contributed by atoms with E-state index in [-0.39, 0.29) is 5.91 Å². The highest BCUT2D eigenvalue weighted by Gasteiger charge is 2.30. The van der Waals surface area contributed by atoms with Gasteiger partial charge in [-0.05, 0) is 38.5 Å². The Morgan fingerprint density at radius 2 is 2.05 bits per heavy atom. The molecular weight excluding hydrogens is 274 g/mol. The molecule has 1 aromatic carbocycles. The van der Waals surface area contributed by atoms with Gasteiger partial charge in [-0.15, -0.1) is 0 Å². The van der Waals surface area contributed by atoms with Crippen molar-refractivity contribution in [3.05, 3.63) is 29.8 Å². The van der Waals surface area contributed by atoms with Gasteiger partial charge in [0, 0.05) is 57.1 Å². The number of rotatable bonds is 4. The lowest BCUT2D eigenvalue weighted by Gasteiger charge is -2.43. The molecule has 1 aromatic rings. The Morgan fingerprint density at radius 3 is 2.64 bits per heavy atom. The van der Waals surface area contributed by atoms with Gasteiger partial charge < -0.3 is 9.80 Å². The second-order valence-corrected chi connectivity index (χ2v) is 6.59. The quantitative estimate of drug-likeness (QED) is 0.855. The normalized spacial score (nSPS) is 19.5. The van der Waals surface area contributed by atoms with Crippen LogP contribution in [0.3, 0.4) is 0 Å². The first-order chi connectivity index (χ1) is 10.4. The third-order valence-corrected chi connectivity index (χ3v) is 4.56. The fourth-order valence-electron chi connectivity index (χ4n) is 3.20. The Labute approximate surface area is 134 Å². The molecule has 1 heterocycles. The summed E-state index contributed by atoms with van der Waals surface area (Å²) < 4.78 is 0. The molecule has 0 spiro atoms. The van der Waals surface area contributed by atoms with E-state index in [9.17, 15) is 4.79 Å². The average molecular weight is 303 g/mol. The Bertz CT molecular complexity index is 513. The molecule has 22 heavy (non-hydrogen) atoms. The molecule has 4 heteroatoms. The second-order valence-electron chi connectivity index (χ2n) is 6.59. The van der Waals surface area contributed by atoms with Gasteiger partial charge in [-0.25, -0.2) is 0 Å². The maximum atomic E-state index is 12.8. The molecule has 4 nitrogen and oxygen atoms in total. The largest absolute Gasteiger partial charge is 0.378 e. The predicted octanol–water partition coefficient (Wildman–Crippen LogP) is 2.70. The Hall–Kier alpha value is -1.55. The summed E-state index contributed by atoms with van der Waals surface area (Å²) in [4.78, 5) is 19.4. The monoisotopic (exact) mass is 303 g/mol. The fraction of sp³-hybridized carbons (Fsp3) is 0.611. The maximum Gasteiger partial charge on any atom is 0.254 e. The van der Waals surface area contributed by atoms with Crippen molar-refractivity contribution in [3.8, 4) is 0 Å². The first kappa shape index (κ1) is 16.8. The number of nitrogens with zero attached hydrogens (tertiary/aromatic N) is 3. The van der Waals surface area contributed by atoms with Crippen LogP contribution in [0, 0.1) is 0 Å². The van der Waals surface area contributed by atoms with Crippen LogP contribution in [0.1, 0.15) is 37.6 Å². The summed E-state index contributed by atoms with van der Waals surface area (Å²) in [6.45, 7) is 9.30. The van der Waals surface area contributed by atoms with Crippen LogP contribution < -0.4 is 4.90 Å². The zero-order chi connectivity index (χ0) is 16.3. The van der Waals surface area contributed by atoms with Crippen molar-refractivity contribution < 1.29 is 4.79 Å². The van der Waals surface area contributed by atoms with Gasteiger partial charge in [0.25, 0.3) is 5.91 Å². The molecule has 0 aliphatic carbocycles. The Morgan fingerprint density at radius 1 is 1.32 bits per heavy atom. The number of hydrogen-bond donors (Lipinski definition) is 0. The van der Waals surface area contributed by atoms with Crippen LogP contribution in [0.15, 0.2) is 24.3 Å². The summed E-state index contributed by atoms with van der Waals surface area (Å²) in [6, 6.07) is 8.91. The molecule has 1 amide bonds. The predicted molar refractivity (Wildman–Crippen MR) is 92.6 cm³/mol. The number of anilines is 1. The smallest absolute Gasteiger partial charge is 0.254 e. The van der Waals surface area contributed by atoms with Crippen molar-refractivity contribution in [2.75, 3.05) is 38.6 Å². The number of carbonyl (C=O) groups is 1. The first-order valence-corrected chi connectivity index (χ1v) is 8.26. The molecule has 0 N–H and O–H groups in total. The fourth-order valence-corrected chi connectivity index (χ4v) is 3.20. The van der Waals surface area contributed by atoms with E-state index in [4.69, 9.17) is 0 Å². The molecule has 1 atom stereocenters. The van der Waals surface area contributed by atoms with E-state index in [1.54, 1.807) is 0 Å². The minimum atomic E-state index is 0.158. The Kier molecular flexibility index (Phi) is 5.46. The van der Waals surface area contributed by atoms with Gasteiger partial charge in [-0.1, -0.05) is 13.0 Å². The average Bonchev–Trinajstić information content (AvgIpc) is 2.53. The molecule has 1 aliphatic heterocycles. The maximum absolute atomic E-state index is 12.8. The van der Waals surface area contributed by atoms with E-state index in [1.807, 2.05) is 48.2 Å². The third kappa shape index (κ3) is 3.61. The van der Waals surface area contributed by atoms with E-state index in [2.05, 4.69) is 25.7 Å². The van der Waals surface area contributed by atoms with Gasteiger partial charge in [-0.3, -0.25) is 9.69 Å². The lowest BCUT2D eigenvalue weighted by molar-refractivity contribution is 0.0371. The van der Waals surface area contributed by atoms with Crippen LogP contribution in [0.5, 0.6) is 0 Å². The summed E-state index contributed by atoms with van der Waals surface area (Å²) in [7, 11) is 4.00. The van der Waals surface area contributed by atoms with Crippen LogP contribution in [-0.2, 0) is 0 Å². The minimum absolute atomic E-state index is 0.158. The van der Waals surface area contributed by atoms with Crippen molar-refractivity contribution in [2.45, 2.75) is 39.3 Å². The van der Waals surface area contributed by atoms with Gasteiger partial charge in [0.1, 0.15) is 0 Å². The SMILES string of the molecule is CC[C@H]1CN(C(=O)c2cccc(N(C)C)c2)CCN1C(C)C. The summed E-state index contributed by atoms with van der Waals surface area (Å²) in [6.07, 6.45) is 1.08. The number of carbonyl (C=O) groups excluding carboxylic acids is 1. The van der Waals surface area contributed by atoms with Crippen LogP contribution in [0.4, 0.5) is 5.69 Å². The topological polar surface area (TPSA) is 26.8 Å². The Balaban J connectivity index is 2.12. The number of benzene rings is 1. The van der Waals surface area contributed by atoms with Gasteiger partial charge in [0.2, 0.25) is 0 Å². The van der Waals surface area contributed by atoms with Crippen LogP contribution in [0.25, 0.3) is 0 Å². The van der Waals surface area contributed by atoms with E-state index in [0.29, 0.717) is 12.1 Å². The molecule has 0 radical (unpaired) electrons. The lowest BCUT2D eigenvalue weighted by atomic mass is 10.1. The molecule has 0 unspecified atom stereocenters. The van der Waals surface area contributed by atoms with Crippen molar-refractivity contribution in [1.29, 1.82) is 0 Å². The molecule has 122 valence electrons. The number of piperazine rings is 1. The zero-order valence-corrected chi connectivity index (χ0v) is 14.5. The highest BCUT2D eigenvalue weighted by molar-refractivity contribution is 5.95. The van der Waals surface area contributed by atoms with E-state index in [0.717, 1.165) is 37.3 Å². The number of amides is 1. The molecule has 2 rings (SSSR count). The van der Waals surface area contributed by atoms with Gasteiger partial charge >= 0.3 is 0 Å². The molecule has 0 aromatic heterocycles. The second kappa shape index (κ2) is 7.14. The van der Waals surface area contributed by atoms with Crippen molar-refractivity contribution in [2.24, 2.45) is 0 Å². The zero-order valence-electron chi connectivity index (χ0n) is 14.5. The van der Waals surface area contributed by atoms with Crippen LogP contribution in [-0.4, -0.2) is 61.5 Å².